The van der Waals surface area contributed by atoms with Gasteiger partial charge in [-0.3, -0.25) is 4.57 Å². The highest BCUT2D eigenvalue weighted by molar-refractivity contribution is 14.1. The van der Waals surface area contributed by atoms with Crippen molar-refractivity contribution in [1.82, 2.24) is 14.5 Å². The summed E-state index contributed by atoms with van der Waals surface area (Å²) in [7, 11) is 0. The van der Waals surface area contributed by atoms with E-state index in [0.29, 0.717) is 12.3 Å². The summed E-state index contributed by atoms with van der Waals surface area (Å²) in [5.74, 6) is 1.43. The molecule has 0 fully saturated rings. The van der Waals surface area contributed by atoms with Crippen LogP contribution < -0.4 is 0 Å². The van der Waals surface area contributed by atoms with E-state index < -0.39 is 0 Å². The molecule has 0 aliphatic heterocycles. The summed E-state index contributed by atoms with van der Waals surface area (Å²) in [4.78, 5) is 9.07. The van der Waals surface area contributed by atoms with Crippen molar-refractivity contribution in [2.75, 3.05) is 5.88 Å². The predicted molar refractivity (Wildman–Crippen MR) is 91.0 cm³/mol. The molecule has 0 saturated heterocycles. The van der Waals surface area contributed by atoms with Crippen molar-refractivity contribution in [2.24, 2.45) is 0 Å². The first-order valence-electron chi connectivity index (χ1n) is 6.04. The van der Waals surface area contributed by atoms with Crippen LogP contribution in [0.3, 0.4) is 0 Å². The van der Waals surface area contributed by atoms with Gasteiger partial charge in [0.1, 0.15) is 11.3 Å². The fraction of sp³-hybridized carbons (Fsp3) is 0.143. The fourth-order valence-electron chi connectivity index (χ4n) is 2.13. The lowest BCUT2D eigenvalue weighted by Gasteiger charge is -2.10. The van der Waals surface area contributed by atoms with Gasteiger partial charge >= 0.3 is 0 Å². The maximum absolute atomic E-state index is 6.03. The summed E-state index contributed by atoms with van der Waals surface area (Å²) < 4.78 is 3.10. The molecule has 0 atom stereocenters. The lowest BCUT2D eigenvalue weighted by atomic mass is 10.3. The predicted octanol–water partition coefficient (Wildman–Crippen LogP) is 4.46. The summed E-state index contributed by atoms with van der Waals surface area (Å²) in [5, 5.41) is 0.717. The molecule has 0 spiro atoms. The summed E-state index contributed by atoms with van der Waals surface area (Å²) >= 11 is 14.2. The normalized spacial score (nSPS) is 11.2. The van der Waals surface area contributed by atoms with Crippen LogP contribution in [-0.2, 0) is 6.42 Å². The third kappa shape index (κ3) is 2.52. The minimum Gasteiger partial charge on any atom is -0.280 e. The van der Waals surface area contributed by atoms with Gasteiger partial charge in [-0.2, -0.15) is 0 Å². The van der Waals surface area contributed by atoms with Crippen LogP contribution in [0.5, 0.6) is 0 Å². The molecule has 3 rings (SSSR count). The van der Waals surface area contributed by atoms with E-state index in [9.17, 15) is 0 Å². The van der Waals surface area contributed by atoms with Gasteiger partial charge in [0.2, 0.25) is 0 Å². The molecule has 0 amide bonds. The van der Waals surface area contributed by atoms with E-state index in [4.69, 9.17) is 23.2 Å². The van der Waals surface area contributed by atoms with Crippen molar-refractivity contribution in [2.45, 2.75) is 6.42 Å². The third-order valence-corrected chi connectivity index (χ3v) is 4.24. The average molecular weight is 418 g/mol. The van der Waals surface area contributed by atoms with E-state index in [1.807, 2.05) is 30.3 Å². The standard InChI is InChI=1S/C14H10Cl2IN3/c15-6-5-13-19-11-2-1-7-18-14(11)20(13)12-4-3-9(16)8-10(12)17/h1-4,7-8H,5-6H2. The average Bonchev–Trinajstić information content (AvgIpc) is 2.78. The van der Waals surface area contributed by atoms with Gasteiger partial charge in [-0.05, 0) is 52.9 Å². The Kier molecular flexibility index (Phi) is 4.14. The summed E-state index contributed by atoms with van der Waals surface area (Å²) in [6.45, 7) is 0. The minimum absolute atomic E-state index is 0.521. The number of rotatable bonds is 3. The molecule has 0 saturated carbocycles. The smallest absolute Gasteiger partial charge is 0.164 e. The number of hydrogen-bond acceptors (Lipinski definition) is 2. The number of nitrogens with zero attached hydrogens (tertiary/aromatic N) is 3. The third-order valence-electron chi connectivity index (χ3n) is 2.95. The topological polar surface area (TPSA) is 30.7 Å². The minimum atomic E-state index is 0.521. The number of halogens is 3. The first-order valence-corrected chi connectivity index (χ1v) is 8.03. The highest BCUT2D eigenvalue weighted by atomic mass is 127. The zero-order valence-corrected chi connectivity index (χ0v) is 14.0. The second-order valence-corrected chi connectivity index (χ2v) is 6.22. The fourth-order valence-corrected chi connectivity index (χ4v) is 3.41. The number of fused-ring (bicyclic) bond motifs is 1. The van der Waals surface area contributed by atoms with Gasteiger partial charge in [0.25, 0.3) is 0 Å². The van der Waals surface area contributed by atoms with Gasteiger partial charge in [-0.15, -0.1) is 11.6 Å². The zero-order valence-electron chi connectivity index (χ0n) is 10.4. The summed E-state index contributed by atoms with van der Waals surface area (Å²) in [6.07, 6.45) is 2.46. The Morgan fingerprint density at radius 3 is 2.85 bits per heavy atom. The van der Waals surface area contributed by atoms with E-state index in [1.54, 1.807) is 6.20 Å². The van der Waals surface area contributed by atoms with Crippen LogP contribution in [0, 0.1) is 3.57 Å². The molecule has 3 aromatic rings. The summed E-state index contributed by atoms with van der Waals surface area (Å²) in [5.41, 5.74) is 2.74. The van der Waals surface area contributed by atoms with Crippen LogP contribution in [0.4, 0.5) is 0 Å². The van der Waals surface area contributed by atoms with Gasteiger partial charge in [-0.25, -0.2) is 9.97 Å². The second kappa shape index (κ2) is 5.87. The lowest BCUT2D eigenvalue weighted by molar-refractivity contribution is 0.902. The molecule has 0 unspecified atom stereocenters. The number of hydrogen-bond donors (Lipinski definition) is 0. The Hall–Kier alpha value is -0.850. The van der Waals surface area contributed by atoms with E-state index >= 15 is 0 Å². The number of pyridine rings is 1. The molecule has 2 aromatic heterocycles. The van der Waals surface area contributed by atoms with Crippen molar-refractivity contribution < 1.29 is 0 Å². The molecule has 1 aromatic carbocycles. The highest BCUT2D eigenvalue weighted by Crippen LogP contribution is 2.26. The number of benzene rings is 1. The molecule has 0 bridgehead atoms. The molecule has 6 heteroatoms. The monoisotopic (exact) mass is 417 g/mol. The van der Waals surface area contributed by atoms with Crippen LogP contribution in [0.2, 0.25) is 5.02 Å². The van der Waals surface area contributed by atoms with Gasteiger partial charge < -0.3 is 0 Å². The van der Waals surface area contributed by atoms with Crippen LogP contribution >= 0.6 is 45.8 Å². The van der Waals surface area contributed by atoms with Crippen molar-refractivity contribution in [3.63, 3.8) is 0 Å². The van der Waals surface area contributed by atoms with Crippen molar-refractivity contribution in [3.8, 4) is 5.69 Å². The quantitative estimate of drug-likeness (QED) is 0.465. The van der Waals surface area contributed by atoms with Crippen LogP contribution in [0.15, 0.2) is 36.5 Å². The van der Waals surface area contributed by atoms with E-state index in [1.165, 1.54) is 0 Å². The van der Waals surface area contributed by atoms with Crippen molar-refractivity contribution in [1.29, 1.82) is 0 Å². The molecule has 20 heavy (non-hydrogen) atoms. The molecule has 0 aliphatic rings. The Labute approximate surface area is 140 Å². The molecule has 0 radical (unpaired) electrons. The van der Waals surface area contributed by atoms with E-state index in [2.05, 4.69) is 37.1 Å². The molecule has 3 nitrogen and oxygen atoms in total. The maximum atomic E-state index is 6.03. The molecular weight excluding hydrogens is 408 g/mol. The highest BCUT2D eigenvalue weighted by Gasteiger charge is 2.15. The maximum Gasteiger partial charge on any atom is 0.164 e. The van der Waals surface area contributed by atoms with Crippen LogP contribution in [-0.4, -0.2) is 20.4 Å². The number of imidazole rings is 1. The second-order valence-electron chi connectivity index (χ2n) is 4.24. The van der Waals surface area contributed by atoms with Gasteiger partial charge in [0, 0.05) is 27.1 Å². The largest absolute Gasteiger partial charge is 0.280 e. The number of aromatic nitrogens is 3. The van der Waals surface area contributed by atoms with Crippen LogP contribution in [0.25, 0.3) is 16.9 Å². The SMILES string of the molecule is ClCCc1nc2cccnc2n1-c1ccc(Cl)cc1I. The first-order chi connectivity index (χ1) is 9.70. The van der Waals surface area contributed by atoms with Gasteiger partial charge in [-0.1, -0.05) is 11.6 Å². The molecule has 0 N–H and O–H groups in total. The molecular formula is C14H10Cl2IN3. The number of alkyl halides is 1. The summed E-state index contributed by atoms with van der Waals surface area (Å²) in [6, 6.07) is 9.63. The Morgan fingerprint density at radius 1 is 1.25 bits per heavy atom. The van der Waals surface area contributed by atoms with Gasteiger partial charge in [0.05, 0.1) is 5.69 Å². The van der Waals surface area contributed by atoms with E-state index in [-0.39, 0.29) is 0 Å². The van der Waals surface area contributed by atoms with E-state index in [0.717, 1.165) is 31.3 Å². The number of aryl methyl sites for hydroxylation is 1. The molecule has 2 heterocycles. The first kappa shape index (κ1) is 14.1. The van der Waals surface area contributed by atoms with Crippen LogP contribution in [0.1, 0.15) is 5.82 Å². The van der Waals surface area contributed by atoms with Gasteiger partial charge in [0.15, 0.2) is 5.65 Å². The molecule has 102 valence electrons. The van der Waals surface area contributed by atoms with Crippen molar-refractivity contribution in [3.05, 3.63) is 50.9 Å². The lowest BCUT2D eigenvalue weighted by Crippen LogP contribution is -2.04. The van der Waals surface area contributed by atoms with Crippen molar-refractivity contribution >= 4 is 57.0 Å². The molecule has 0 aliphatic carbocycles. The zero-order chi connectivity index (χ0) is 14.1. The Bertz CT molecular complexity index is 770. The Morgan fingerprint density at radius 2 is 2.10 bits per heavy atom. The Balaban J connectivity index is 2.30.